The van der Waals surface area contributed by atoms with Crippen LogP contribution in [0.25, 0.3) is 0 Å². The monoisotopic (exact) mass is 424 g/mol. The third kappa shape index (κ3) is 4.72. The number of amides is 1. The van der Waals surface area contributed by atoms with Gasteiger partial charge in [-0.1, -0.05) is 18.2 Å². The largest absolute Gasteiger partial charge is 0.497 e. The number of carbonyl (C=O) groups is 1. The molecule has 0 unspecified atom stereocenters. The Morgan fingerprint density at radius 2 is 1.93 bits per heavy atom. The van der Waals surface area contributed by atoms with E-state index in [1.54, 1.807) is 24.6 Å². The summed E-state index contributed by atoms with van der Waals surface area (Å²) < 4.78 is 32.2. The SMILES string of the molecule is COc1ccc(CNC(=O)[C@@H](C)[NH+]2CCN(S(=O)(=O)c3cccs3)CC2)cc1. The quantitative estimate of drug-likeness (QED) is 0.672. The molecule has 2 aromatic rings. The maximum absolute atomic E-state index is 12.6. The Balaban J connectivity index is 1.50. The standard InChI is InChI=1S/C19H25N3O4S2/c1-15(19(23)20-14-16-5-7-17(26-2)8-6-16)21-9-11-22(12-10-21)28(24,25)18-4-3-13-27-18/h3-8,13,15H,9-12,14H2,1-2H3,(H,20,23)/p+1/t15-/m1/s1. The molecule has 0 bridgehead atoms. The Kier molecular flexibility index (Phi) is 6.71. The number of rotatable bonds is 7. The van der Waals surface area contributed by atoms with E-state index < -0.39 is 10.0 Å². The first-order chi connectivity index (χ1) is 13.4. The number of nitrogens with one attached hydrogen (secondary N) is 2. The number of benzene rings is 1. The summed E-state index contributed by atoms with van der Waals surface area (Å²) >= 11 is 1.23. The molecular formula is C19H26N3O4S2+. The summed E-state index contributed by atoms with van der Waals surface area (Å²) in [6.07, 6.45) is 0. The van der Waals surface area contributed by atoms with Crippen LogP contribution in [0.2, 0.25) is 0 Å². The first-order valence-electron chi connectivity index (χ1n) is 9.20. The van der Waals surface area contributed by atoms with Gasteiger partial charge in [0.2, 0.25) is 0 Å². The highest BCUT2D eigenvalue weighted by Crippen LogP contribution is 2.20. The molecule has 1 amide bonds. The van der Waals surface area contributed by atoms with Gasteiger partial charge < -0.3 is 15.0 Å². The topological polar surface area (TPSA) is 80.2 Å². The number of thiophene rings is 1. The number of quaternary nitrogens is 1. The Morgan fingerprint density at radius 1 is 1.25 bits per heavy atom. The molecule has 2 heterocycles. The van der Waals surface area contributed by atoms with Gasteiger partial charge in [0.05, 0.1) is 33.3 Å². The van der Waals surface area contributed by atoms with Crippen molar-refractivity contribution in [2.24, 2.45) is 0 Å². The van der Waals surface area contributed by atoms with Crippen molar-refractivity contribution in [2.75, 3.05) is 33.3 Å². The Hall–Kier alpha value is -1.94. The van der Waals surface area contributed by atoms with Crippen LogP contribution in [0.4, 0.5) is 0 Å². The fourth-order valence-corrected chi connectivity index (χ4v) is 5.84. The fourth-order valence-electron chi connectivity index (χ4n) is 3.26. The van der Waals surface area contributed by atoms with E-state index in [0.29, 0.717) is 36.9 Å². The molecule has 1 saturated heterocycles. The van der Waals surface area contributed by atoms with Crippen LogP contribution in [0.3, 0.4) is 0 Å². The van der Waals surface area contributed by atoms with E-state index in [0.717, 1.165) is 16.2 Å². The number of methoxy groups -OCH3 is 1. The van der Waals surface area contributed by atoms with E-state index in [1.165, 1.54) is 15.6 Å². The van der Waals surface area contributed by atoms with Gasteiger partial charge in [-0.25, -0.2) is 8.42 Å². The molecule has 1 fully saturated rings. The van der Waals surface area contributed by atoms with Gasteiger partial charge in [-0.2, -0.15) is 4.31 Å². The number of piperazine rings is 1. The Morgan fingerprint density at radius 3 is 2.50 bits per heavy atom. The zero-order chi connectivity index (χ0) is 20.1. The molecule has 1 aliphatic rings. The maximum atomic E-state index is 12.6. The highest BCUT2D eigenvalue weighted by molar-refractivity contribution is 7.91. The lowest BCUT2D eigenvalue weighted by Crippen LogP contribution is -3.19. The Labute approximate surface area is 170 Å². The van der Waals surface area contributed by atoms with Crippen LogP contribution in [-0.4, -0.2) is 58.0 Å². The first-order valence-corrected chi connectivity index (χ1v) is 11.5. The summed E-state index contributed by atoms with van der Waals surface area (Å²) in [5.74, 6) is 0.753. The van der Waals surface area contributed by atoms with E-state index in [9.17, 15) is 13.2 Å². The predicted molar refractivity (Wildman–Crippen MR) is 108 cm³/mol. The summed E-state index contributed by atoms with van der Waals surface area (Å²) in [6.45, 7) is 4.42. The minimum atomic E-state index is -3.41. The lowest BCUT2D eigenvalue weighted by Gasteiger charge is -2.33. The van der Waals surface area contributed by atoms with Crippen LogP contribution >= 0.6 is 11.3 Å². The fraction of sp³-hybridized carbons (Fsp3) is 0.421. The first kappa shape index (κ1) is 20.8. The van der Waals surface area contributed by atoms with Gasteiger partial charge in [-0.3, -0.25) is 4.79 Å². The molecule has 1 aliphatic heterocycles. The molecule has 0 radical (unpaired) electrons. The van der Waals surface area contributed by atoms with Gasteiger partial charge in [0.1, 0.15) is 9.96 Å². The lowest BCUT2D eigenvalue weighted by atomic mass is 10.2. The van der Waals surface area contributed by atoms with E-state index in [4.69, 9.17) is 4.74 Å². The summed E-state index contributed by atoms with van der Waals surface area (Å²) in [5.41, 5.74) is 1.00. The van der Waals surface area contributed by atoms with Crippen LogP contribution in [0.5, 0.6) is 5.75 Å². The molecule has 7 nitrogen and oxygen atoms in total. The van der Waals surface area contributed by atoms with Gasteiger partial charge in [0.15, 0.2) is 6.04 Å². The van der Waals surface area contributed by atoms with Crippen molar-refractivity contribution < 1.29 is 22.8 Å². The molecule has 0 saturated carbocycles. The van der Waals surface area contributed by atoms with E-state index in [-0.39, 0.29) is 11.9 Å². The molecule has 28 heavy (non-hydrogen) atoms. The summed E-state index contributed by atoms with van der Waals surface area (Å²) in [7, 11) is -1.79. The van der Waals surface area contributed by atoms with Crippen LogP contribution in [0.1, 0.15) is 12.5 Å². The molecule has 2 N–H and O–H groups in total. The van der Waals surface area contributed by atoms with Gasteiger partial charge in [-0.05, 0) is 36.1 Å². The van der Waals surface area contributed by atoms with E-state index >= 15 is 0 Å². The second kappa shape index (κ2) is 9.04. The molecule has 3 rings (SSSR count). The van der Waals surface area contributed by atoms with Gasteiger partial charge in [0.25, 0.3) is 15.9 Å². The molecule has 0 spiro atoms. The van der Waals surface area contributed by atoms with Crippen molar-refractivity contribution in [3.8, 4) is 5.75 Å². The lowest BCUT2D eigenvalue weighted by molar-refractivity contribution is -0.917. The van der Waals surface area contributed by atoms with Crippen molar-refractivity contribution in [3.63, 3.8) is 0 Å². The number of nitrogens with zero attached hydrogens (tertiary/aromatic N) is 1. The van der Waals surface area contributed by atoms with Crippen LogP contribution in [0.15, 0.2) is 46.0 Å². The zero-order valence-corrected chi connectivity index (χ0v) is 17.7. The highest BCUT2D eigenvalue weighted by Gasteiger charge is 2.34. The molecule has 1 aromatic carbocycles. The van der Waals surface area contributed by atoms with E-state index in [1.807, 2.05) is 31.2 Å². The normalized spacial score (nSPS) is 17.2. The highest BCUT2D eigenvalue weighted by atomic mass is 32.2. The van der Waals surface area contributed by atoms with Crippen molar-refractivity contribution >= 4 is 27.3 Å². The van der Waals surface area contributed by atoms with Gasteiger partial charge >= 0.3 is 0 Å². The minimum absolute atomic E-state index is 0.0274. The predicted octanol–water partition coefficient (Wildman–Crippen LogP) is 0.351. The number of ether oxygens (including phenoxy) is 1. The molecule has 152 valence electrons. The number of carbonyl (C=O) groups excluding carboxylic acids is 1. The molecule has 1 aromatic heterocycles. The zero-order valence-electron chi connectivity index (χ0n) is 16.1. The Bertz CT molecular complexity index is 874. The molecule has 0 aliphatic carbocycles. The second-order valence-corrected chi connectivity index (χ2v) is 9.89. The van der Waals surface area contributed by atoms with Crippen molar-refractivity contribution in [1.29, 1.82) is 0 Å². The third-order valence-electron chi connectivity index (χ3n) is 5.09. The van der Waals surface area contributed by atoms with Gasteiger partial charge in [-0.15, -0.1) is 11.3 Å². The van der Waals surface area contributed by atoms with E-state index in [2.05, 4.69) is 5.32 Å². The van der Waals surface area contributed by atoms with Crippen LogP contribution in [-0.2, 0) is 21.4 Å². The maximum Gasteiger partial charge on any atom is 0.278 e. The van der Waals surface area contributed by atoms with Crippen molar-refractivity contribution in [2.45, 2.75) is 23.7 Å². The average Bonchev–Trinajstić information content (AvgIpc) is 3.28. The average molecular weight is 425 g/mol. The molecule has 9 heteroatoms. The minimum Gasteiger partial charge on any atom is -0.497 e. The summed E-state index contributed by atoms with van der Waals surface area (Å²) in [4.78, 5) is 13.6. The smallest absolute Gasteiger partial charge is 0.278 e. The summed E-state index contributed by atoms with van der Waals surface area (Å²) in [6, 6.07) is 10.7. The van der Waals surface area contributed by atoms with Gasteiger partial charge in [0, 0.05) is 6.54 Å². The number of hydrogen-bond acceptors (Lipinski definition) is 5. The molecule has 1 atom stereocenters. The molecular weight excluding hydrogens is 398 g/mol. The van der Waals surface area contributed by atoms with Crippen LogP contribution in [0, 0.1) is 0 Å². The second-order valence-electron chi connectivity index (χ2n) is 6.78. The van der Waals surface area contributed by atoms with Crippen LogP contribution < -0.4 is 15.0 Å². The number of sulfonamides is 1. The van der Waals surface area contributed by atoms with Crippen molar-refractivity contribution in [3.05, 3.63) is 47.3 Å². The summed E-state index contributed by atoms with van der Waals surface area (Å²) in [5, 5.41) is 4.73. The van der Waals surface area contributed by atoms with Crippen molar-refractivity contribution in [1.82, 2.24) is 9.62 Å². The third-order valence-corrected chi connectivity index (χ3v) is 8.36. The number of hydrogen-bond donors (Lipinski definition) is 2.